The summed E-state index contributed by atoms with van der Waals surface area (Å²) in [7, 11) is 0. The molecule has 0 amide bonds. The number of rotatable bonds is 8. The molecule has 5 nitrogen and oxygen atoms in total. The van der Waals surface area contributed by atoms with Crippen molar-refractivity contribution in [1.29, 1.82) is 0 Å². The summed E-state index contributed by atoms with van der Waals surface area (Å²) >= 11 is 0. The Morgan fingerprint density at radius 2 is 2.14 bits per heavy atom. The molecule has 0 aliphatic carbocycles. The molecule has 1 aromatic rings. The average molecular weight is 293 g/mol. The zero-order valence-corrected chi connectivity index (χ0v) is 12.1. The highest BCUT2D eigenvalue weighted by molar-refractivity contribution is 5.67. The van der Waals surface area contributed by atoms with Crippen molar-refractivity contribution in [1.82, 2.24) is 4.90 Å². The fourth-order valence-corrected chi connectivity index (χ4v) is 2.78. The van der Waals surface area contributed by atoms with Gasteiger partial charge in [0, 0.05) is 12.6 Å². The summed E-state index contributed by atoms with van der Waals surface area (Å²) in [6.45, 7) is 2.09. The van der Waals surface area contributed by atoms with Crippen molar-refractivity contribution in [2.75, 3.05) is 19.7 Å². The first-order valence-corrected chi connectivity index (χ1v) is 7.40. The Morgan fingerprint density at radius 3 is 2.86 bits per heavy atom. The van der Waals surface area contributed by atoms with Crippen molar-refractivity contribution in [3.8, 4) is 0 Å². The predicted molar refractivity (Wildman–Crippen MR) is 79.0 cm³/mol. The van der Waals surface area contributed by atoms with Gasteiger partial charge >= 0.3 is 5.97 Å². The van der Waals surface area contributed by atoms with Gasteiger partial charge in [-0.3, -0.25) is 9.69 Å². The fourth-order valence-electron chi connectivity index (χ4n) is 2.78. The van der Waals surface area contributed by atoms with Crippen LogP contribution in [0.15, 0.2) is 30.3 Å². The van der Waals surface area contributed by atoms with E-state index in [0.29, 0.717) is 13.2 Å². The van der Waals surface area contributed by atoms with Crippen LogP contribution in [0, 0.1) is 0 Å². The maximum atomic E-state index is 10.8. The average Bonchev–Trinajstić information content (AvgIpc) is 2.86. The largest absolute Gasteiger partial charge is 0.481 e. The van der Waals surface area contributed by atoms with Crippen LogP contribution in [0.5, 0.6) is 0 Å². The van der Waals surface area contributed by atoms with Gasteiger partial charge in [0.2, 0.25) is 0 Å². The van der Waals surface area contributed by atoms with Gasteiger partial charge in [-0.1, -0.05) is 30.3 Å². The Morgan fingerprint density at radius 1 is 1.38 bits per heavy atom. The van der Waals surface area contributed by atoms with Crippen molar-refractivity contribution in [2.45, 2.75) is 38.0 Å². The van der Waals surface area contributed by atoms with Crippen LogP contribution in [0.25, 0.3) is 0 Å². The second kappa shape index (κ2) is 8.12. The SMILES string of the molecule is O=C(O)CC1CCCN1CC(O)COCc1ccccc1. The molecular formula is C16H23NO4. The third-order valence-electron chi connectivity index (χ3n) is 3.78. The molecule has 5 heteroatoms. The van der Waals surface area contributed by atoms with E-state index in [0.717, 1.165) is 24.9 Å². The number of carboxylic acid groups (broad SMARTS) is 1. The van der Waals surface area contributed by atoms with E-state index in [-0.39, 0.29) is 19.1 Å². The van der Waals surface area contributed by atoms with E-state index in [4.69, 9.17) is 9.84 Å². The Kier molecular flexibility index (Phi) is 6.17. The van der Waals surface area contributed by atoms with E-state index in [1.807, 2.05) is 30.3 Å². The van der Waals surface area contributed by atoms with Crippen molar-refractivity contribution in [2.24, 2.45) is 0 Å². The molecule has 2 rings (SSSR count). The zero-order chi connectivity index (χ0) is 15.1. The third-order valence-corrected chi connectivity index (χ3v) is 3.78. The molecule has 0 radical (unpaired) electrons. The number of hydrogen-bond donors (Lipinski definition) is 2. The van der Waals surface area contributed by atoms with E-state index < -0.39 is 12.1 Å². The summed E-state index contributed by atoms with van der Waals surface area (Å²) in [5.41, 5.74) is 1.08. The second-order valence-electron chi connectivity index (χ2n) is 5.54. The van der Waals surface area contributed by atoms with Crippen LogP contribution in [0.4, 0.5) is 0 Å². The molecule has 2 unspecified atom stereocenters. The first kappa shape index (κ1) is 15.9. The van der Waals surface area contributed by atoms with Crippen LogP contribution in [-0.2, 0) is 16.1 Å². The molecule has 0 aromatic heterocycles. The molecule has 1 heterocycles. The summed E-state index contributed by atoms with van der Waals surface area (Å²) < 4.78 is 5.52. The maximum absolute atomic E-state index is 10.8. The number of likely N-dealkylation sites (tertiary alicyclic amines) is 1. The summed E-state index contributed by atoms with van der Waals surface area (Å²) in [6, 6.07) is 9.87. The molecule has 1 saturated heterocycles. The summed E-state index contributed by atoms with van der Waals surface area (Å²) in [4.78, 5) is 12.9. The third kappa shape index (κ3) is 5.46. The minimum Gasteiger partial charge on any atom is -0.481 e. The minimum atomic E-state index is -0.776. The van der Waals surface area contributed by atoms with E-state index >= 15 is 0 Å². The number of benzene rings is 1. The van der Waals surface area contributed by atoms with E-state index in [1.165, 1.54) is 0 Å². The summed E-state index contributed by atoms with van der Waals surface area (Å²) in [5, 5.41) is 18.9. The van der Waals surface area contributed by atoms with Gasteiger partial charge in [0.05, 0.1) is 25.7 Å². The minimum absolute atomic E-state index is 0.0475. The Labute approximate surface area is 125 Å². The van der Waals surface area contributed by atoms with Gasteiger partial charge in [0.15, 0.2) is 0 Å². The van der Waals surface area contributed by atoms with Crippen LogP contribution >= 0.6 is 0 Å². The smallest absolute Gasteiger partial charge is 0.304 e. The molecule has 1 aromatic carbocycles. The van der Waals surface area contributed by atoms with E-state index in [9.17, 15) is 9.90 Å². The van der Waals surface area contributed by atoms with Crippen LogP contribution in [0.1, 0.15) is 24.8 Å². The molecule has 2 atom stereocenters. The number of carboxylic acids is 1. The summed E-state index contributed by atoms with van der Waals surface area (Å²) in [5.74, 6) is -0.776. The number of nitrogens with zero attached hydrogens (tertiary/aromatic N) is 1. The van der Waals surface area contributed by atoms with Crippen molar-refractivity contribution in [3.05, 3.63) is 35.9 Å². The zero-order valence-electron chi connectivity index (χ0n) is 12.1. The lowest BCUT2D eigenvalue weighted by molar-refractivity contribution is -0.138. The van der Waals surface area contributed by atoms with Crippen molar-refractivity contribution in [3.63, 3.8) is 0 Å². The maximum Gasteiger partial charge on any atom is 0.304 e. The van der Waals surface area contributed by atoms with Gasteiger partial charge in [0.25, 0.3) is 0 Å². The standard InChI is InChI=1S/C16H23NO4/c18-15(12-21-11-13-5-2-1-3-6-13)10-17-8-4-7-14(17)9-16(19)20/h1-3,5-6,14-15,18H,4,7-12H2,(H,19,20). The summed E-state index contributed by atoms with van der Waals surface area (Å²) in [6.07, 6.45) is 1.46. The quantitative estimate of drug-likeness (QED) is 0.760. The number of hydrogen-bond acceptors (Lipinski definition) is 4. The number of aliphatic hydroxyl groups excluding tert-OH is 1. The molecule has 2 N–H and O–H groups in total. The molecule has 1 fully saturated rings. The van der Waals surface area contributed by atoms with Crippen molar-refractivity contribution < 1.29 is 19.7 Å². The first-order chi connectivity index (χ1) is 10.1. The van der Waals surface area contributed by atoms with Gasteiger partial charge < -0.3 is 14.9 Å². The Balaban J connectivity index is 1.69. The Bertz CT molecular complexity index is 437. The second-order valence-corrected chi connectivity index (χ2v) is 5.54. The van der Waals surface area contributed by atoms with Gasteiger partial charge in [-0.05, 0) is 24.9 Å². The van der Waals surface area contributed by atoms with Crippen LogP contribution in [0.3, 0.4) is 0 Å². The van der Waals surface area contributed by atoms with Gasteiger partial charge in [0.1, 0.15) is 0 Å². The lowest BCUT2D eigenvalue weighted by Crippen LogP contribution is -2.39. The van der Waals surface area contributed by atoms with Gasteiger partial charge in [-0.25, -0.2) is 0 Å². The molecule has 0 bridgehead atoms. The van der Waals surface area contributed by atoms with Crippen LogP contribution in [-0.4, -0.2) is 52.9 Å². The molecule has 0 saturated carbocycles. The van der Waals surface area contributed by atoms with Crippen LogP contribution in [0.2, 0.25) is 0 Å². The number of β-amino-alcohol motifs (C(OH)–C–C–N with tert-alkyl or cyclic N) is 1. The van der Waals surface area contributed by atoms with Crippen LogP contribution < -0.4 is 0 Å². The highest BCUT2D eigenvalue weighted by atomic mass is 16.5. The fraction of sp³-hybridized carbons (Fsp3) is 0.562. The molecule has 1 aliphatic heterocycles. The number of aliphatic hydroxyl groups is 1. The first-order valence-electron chi connectivity index (χ1n) is 7.40. The normalized spacial score (nSPS) is 20.5. The highest BCUT2D eigenvalue weighted by Crippen LogP contribution is 2.20. The van der Waals surface area contributed by atoms with Gasteiger partial charge in [-0.15, -0.1) is 0 Å². The molecule has 1 aliphatic rings. The topological polar surface area (TPSA) is 70.0 Å². The molecule has 0 spiro atoms. The Hall–Kier alpha value is -1.43. The lowest BCUT2D eigenvalue weighted by Gasteiger charge is -2.25. The monoisotopic (exact) mass is 293 g/mol. The van der Waals surface area contributed by atoms with E-state index in [1.54, 1.807) is 0 Å². The highest BCUT2D eigenvalue weighted by Gasteiger charge is 2.27. The number of carbonyl (C=O) groups is 1. The number of aliphatic carboxylic acids is 1. The van der Waals surface area contributed by atoms with Gasteiger partial charge in [-0.2, -0.15) is 0 Å². The van der Waals surface area contributed by atoms with Crippen molar-refractivity contribution >= 4 is 5.97 Å². The lowest BCUT2D eigenvalue weighted by atomic mass is 10.1. The van der Waals surface area contributed by atoms with E-state index in [2.05, 4.69) is 4.90 Å². The number of ether oxygens (including phenoxy) is 1. The molecule has 21 heavy (non-hydrogen) atoms. The molecular weight excluding hydrogens is 270 g/mol. The predicted octanol–water partition coefficient (Wildman–Crippen LogP) is 1.50. The molecule has 116 valence electrons.